The maximum Gasteiger partial charge on any atom is 0.262 e. The molecule has 2 heterocycles. The van der Waals surface area contributed by atoms with Crippen LogP contribution >= 0.6 is 0 Å². The number of sulfonamides is 1. The van der Waals surface area contributed by atoms with Gasteiger partial charge in [-0.1, -0.05) is 60.7 Å². The van der Waals surface area contributed by atoms with Gasteiger partial charge in [0.05, 0.1) is 17.1 Å². The second-order valence-electron chi connectivity index (χ2n) is 10.7. The summed E-state index contributed by atoms with van der Waals surface area (Å²) >= 11 is 0. The van der Waals surface area contributed by atoms with E-state index >= 15 is 0 Å². The number of piperazine rings is 1. The van der Waals surface area contributed by atoms with Crippen LogP contribution in [0.3, 0.4) is 0 Å². The number of anilines is 1. The van der Waals surface area contributed by atoms with Gasteiger partial charge in [0.2, 0.25) is 5.91 Å². The van der Waals surface area contributed by atoms with E-state index in [4.69, 9.17) is 4.74 Å². The highest BCUT2D eigenvalue weighted by Crippen LogP contribution is 2.32. The number of nitrogens with zero attached hydrogens (tertiary/aromatic N) is 2. The molecule has 10 heteroatoms. The van der Waals surface area contributed by atoms with Crippen LogP contribution in [0.2, 0.25) is 0 Å². The third kappa shape index (κ3) is 6.55. The van der Waals surface area contributed by atoms with E-state index in [1.165, 1.54) is 29.8 Å². The Bertz CT molecular complexity index is 1700. The third-order valence-corrected chi connectivity index (χ3v) is 9.21. The van der Waals surface area contributed by atoms with E-state index in [2.05, 4.69) is 27.1 Å². The van der Waals surface area contributed by atoms with E-state index in [1.54, 1.807) is 36.4 Å². The van der Waals surface area contributed by atoms with Crippen LogP contribution in [0.1, 0.15) is 22.3 Å². The van der Waals surface area contributed by atoms with Crippen LogP contribution < -0.4 is 14.8 Å². The Labute approximate surface area is 251 Å². The number of benzene rings is 4. The number of carbonyl (C=O) groups excluding carboxylic acids is 2. The molecule has 1 unspecified atom stereocenters. The molecule has 0 saturated carbocycles. The summed E-state index contributed by atoms with van der Waals surface area (Å²) in [5.41, 5.74) is 1.80. The lowest BCUT2D eigenvalue weighted by molar-refractivity contribution is -0.132. The molecule has 2 atom stereocenters. The Balaban J connectivity index is 1.02. The molecule has 2 fully saturated rings. The normalized spacial score (nSPS) is 17.9. The SMILES string of the molecule is O=C(NCC(=O)N1C[C@@H]2CC1CN2Cc1ccccc1)c1ccc(S(=O)(=O)Nc2ccccc2Oc2ccccc2)cc1. The lowest BCUT2D eigenvalue weighted by Crippen LogP contribution is -2.51. The van der Waals surface area contributed by atoms with Gasteiger partial charge in [-0.15, -0.1) is 0 Å². The molecule has 2 N–H and O–H groups in total. The van der Waals surface area contributed by atoms with E-state index < -0.39 is 15.9 Å². The number of amides is 2. The zero-order chi connectivity index (χ0) is 29.8. The Hall–Kier alpha value is -4.67. The molecule has 9 nitrogen and oxygen atoms in total. The Kier molecular flexibility index (Phi) is 8.13. The van der Waals surface area contributed by atoms with E-state index in [1.807, 2.05) is 41.3 Å². The summed E-state index contributed by atoms with van der Waals surface area (Å²) in [6.07, 6.45) is 0.944. The first-order valence-electron chi connectivity index (χ1n) is 14.2. The minimum absolute atomic E-state index is 0.0113. The van der Waals surface area contributed by atoms with Crippen molar-refractivity contribution in [2.75, 3.05) is 24.4 Å². The Morgan fingerprint density at radius 2 is 1.47 bits per heavy atom. The monoisotopic (exact) mass is 596 g/mol. The second kappa shape index (κ2) is 12.3. The first kappa shape index (κ1) is 28.4. The predicted octanol–water partition coefficient (Wildman–Crippen LogP) is 4.49. The van der Waals surface area contributed by atoms with Crippen molar-refractivity contribution in [3.05, 3.63) is 120 Å². The van der Waals surface area contributed by atoms with Gasteiger partial charge in [-0.3, -0.25) is 19.2 Å². The summed E-state index contributed by atoms with van der Waals surface area (Å²) in [4.78, 5) is 30.0. The highest BCUT2D eigenvalue weighted by atomic mass is 32.2. The quantitative estimate of drug-likeness (QED) is 0.279. The molecule has 6 rings (SSSR count). The lowest BCUT2D eigenvalue weighted by Gasteiger charge is -2.34. The average molecular weight is 597 g/mol. The summed E-state index contributed by atoms with van der Waals surface area (Å²) in [6, 6.07) is 32.2. The van der Waals surface area contributed by atoms with Crippen molar-refractivity contribution in [1.82, 2.24) is 15.1 Å². The maximum atomic E-state index is 13.1. The van der Waals surface area contributed by atoms with Gasteiger partial charge in [-0.25, -0.2) is 8.42 Å². The molecule has 2 bridgehead atoms. The number of para-hydroxylation sites is 3. The van der Waals surface area contributed by atoms with Crippen molar-refractivity contribution in [3.8, 4) is 11.5 Å². The number of fused-ring (bicyclic) bond motifs is 2. The molecule has 4 aromatic rings. The van der Waals surface area contributed by atoms with Crippen molar-refractivity contribution in [2.24, 2.45) is 0 Å². The van der Waals surface area contributed by atoms with Gasteiger partial charge < -0.3 is 15.0 Å². The number of carbonyl (C=O) groups is 2. The second-order valence-corrected chi connectivity index (χ2v) is 12.4. The molecular formula is C33H32N4O5S. The fraction of sp³-hybridized carbons (Fsp3) is 0.212. The molecule has 2 amide bonds. The molecule has 43 heavy (non-hydrogen) atoms. The Morgan fingerprint density at radius 1 is 0.791 bits per heavy atom. The first-order valence-corrected chi connectivity index (χ1v) is 15.6. The van der Waals surface area contributed by atoms with Crippen molar-refractivity contribution in [3.63, 3.8) is 0 Å². The van der Waals surface area contributed by atoms with Crippen LogP contribution in [-0.4, -0.2) is 61.7 Å². The molecule has 2 aliphatic heterocycles. The van der Waals surface area contributed by atoms with Gasteiger partial charge in [0.1, 0.15) is 5.75 Å². The largest absolute Gasteiger partial charge is 0.455 e. The van der Waals surface area contributed by atoms with Crippen molar-refractivity contribution in [2.45, 2.75) is 29.9 Å². The summed E-state index contributed by atoms with van der Waals surface area (Å²) in [6.45, 7) is 2.24. The number of nitrogens with one attached hydrogen (secondary N) is 2. The molecule has 4 aromatic carbocycles. The van der Waals surface area contributed by atoms with E-state index in [0.717, 1.165) is 19.5 Å². The summed E-state index contributed by atoms with van der Waals surface area (Å²) < 4.78 is 34.7. The topological polar surface area (TPSA) is 108 Å². The van der Waals surface area contributed by atoms with Gasteiger partial charge in [0, 0.05) is 37.3 Å². The number of likely N-dealkylation sites (tertiary alicyclic amines) is 2. The molecule has 220 valence electrons. The molecule has 0 spiro atoms. The van der Waals surface area contributed by atoms with Crippen molar-refractivity contribution >= 4 is 27.5 Å². The first-order chi connectivity index (χ1) is 20.9. The number of hydrogen-bond donors (Lipinski definition) is 2. The fourth-order valence-electron chi connectivity index (χ4n) is 5.67. The number of ether oxygens (including phenoxy) is 1. The highest BCUT2D eigenvalue weighted by Gasteiger charge is 2.44. The van der Waals surface area contributed by atoms with Crippen LogP contribution in [0.4, 0.5) is 5.69 Å². The van der Waals surface area contributed by atoms with Crippen LogP contribution in [-0.2, 0) is 21.4 Å². The van der Waals surface area contributed by atoms with Gasteiger partial charge in [-0.2, -0.15) is 0 Å². The highest BCUT2D eigenvalue weighted by molar-refractivity contribution is 7.92. The molecule has 0 aromatic heterocycles. The van der Waals surface area contributed by atoms with E-state index in [-0.39, 0.29) is 34.6 Å². The summed E-state index contributed by atoms with van der Waals surface area (Å²) in [7, 11) is -3.96. The van der Waals surface area contributed by atoms with Gasteiger partial charge in [-0.05, 0) is 60.5 Å². The molecular weight excluding hydrogens is 564 g/mol. The minimum atomic E-state index is -3.96. The maximum absolute atomic E-state index is 13.1. The zero-order valence-corrected chi connectivity index (χ0v) is 24.2. The molecule has 0 aliphatic carbocycles. The van der Waals surface area contributed by atoms with Crippen LogP contribution in [0, 0.1) is 0 Å². The van der Waals surface area contributed by atoms with Crippen LogP contribution in [0.25, 0.3) is 0 Å². The molecule has 2 saturated heterocycles. The minimum Gasteiger partial charge on any atom is -0.455 e. The van der Waals surface area contributed by atoms with Gasteiger partial charge in [0.25, 0.3) is 15.9 Å². The predicted molar refractivity (Wildman–Crippen MR) is 163 cm³/mol. The van der Waals surface area contributed by atoms with Crippen molar-refractivity contribution < 1.29 is 22.7 Å². The zero-order valence-electron chi connectivity index (χ0n) is 23.4. The standard InChI is InChI=1S/C33H32N4O5S/c38-32(37-23-26-19-27(37)22-36(26)21-24-9-3-1-4-10-24)20-34-33(39)25-15-17-29(18-16-25)43(40,41)35-30-13-7-8-14-31(30)42-28-11-5-2-6-12-28/h1-18,26-27,35H,19-23H2,(H,34,39)/t26-,27?/m0/s1. The Morgan fingerprint density at radius 3 is 2.16 bits per heavy atom. The smallest absolute Gasteiger partial charge is 0.262 e. The molecule has 0 radical (unpaired) electrons. The van der Waals surface area contributed by atoms with Crippen LogP contribution in [0.15, 0.2) is 114 Å². The average Bonchev–Trinajstić information content (AvgIpc) is 3.63. The van der Waals surface area contributed by atoms with Gasteiger partial charge in [0.15, 0.2) is 5.75 Å². The van der Waals surface area contributed by atoms with E-state index in [9.17, 15) is 18.0 Å². The van der Waals surface area contributed by atoms with Crippen LogP contribution in [0.5, 0.6) is 11.5 Å². The van der Waals surface area contributed by atoms with Gasteiger partial charge >= 0.3 is 0 Å². The number of hydrogen-bond acceptors (Lipinski definition) is 6. The summed E-state index contributed by atoms with van der Waals surface area (Å²) in [5.74, 6) is 0.375. The summed E-state index contributed by atoms with van der Waals surface area (Å²) in [5, 5.41) is 2.69. The van der Waals surface area contributed by atoms with E-state index in [0.29, 0.717) is 24.1 Å². The fourth-order valence-corrected chi connectivity index (χ4v) is 6.74. The van der Waals surface area contributed by atoms with Crippen molar-refractivity contribution in [1.29, 1.82) is 0 Å². The molecule has 2 aliphatic rings. The number of rotatable bonds is 10. The lowest BCUT2D eigenvalue weighted by atomic mass is 10.2. The third-order valence-electron chi connectivity index (χ3n) is 7.83.